The molecule has 48 heavy (non-hydrogen) atoms. The fourth-order valence-corrected chi connectivity index (χ4v) is 5.92. The molecule has 0 aliphatic heterocycles. The molecular formula is C39H38N4O5. The third kappa shape index (κ3) is 7.76. The van der Waals surface area contributed by atoms with Crippen LogP contribution in [0.25, 0.3) is 0 Å². The number of rotatable bonds is 15. The number of aromatic nitrogens is 2. The van der Waals surface area contributed by atoms with Gasteiger partial charge in [-0.1, -0.05) is 127 Å². The summed E-state index contributed by atoms with van der Waals surface area (Å²) < 4.78 is 7.58. The number of ketones is 1. The molecule has 1 amide bonds. The van der Waals surface area contributed by atoms with Crippen LogP contribution in [0.15, 0.2) is 146 Å². The number of hydrogen-bond acceptors (Lipinski definition) is 6. The number of benzene rings is 4. The number of carboxylic acid groups (broad SMARTS) is 1. The average molecular weight is 643 g/mol. The van der Waals surface area contributed by atoms with Crippen LogP contribution in [0.4, 0.5) is 4.79 Å². The van der Waals surface area contributed by atoms with Gasteiger partial charge in [0.25, 0.3) is 0 Å². The van der Waals surface area contributed by atoms with E-state index in [4.69, 9.17) is 9.84 Å². The van der Waals surface area contributed by atoms with Gasteiger partial charge in [-0.25, -0.2) is 9.78 Å². The van der Waals surface area contributed by atoms with Crippen LogP contribution in [0, 0.1) is 0 Å². The van der Waals surface area contributed by atoms with Crippen molar-refractivity contribution in [1.29, 1.82) is 0 Å². The third-order valence-electron chi connectivity index (χ3n) is 8.14. The number of allylic oxidation sites excluding steroid dienone is 1. The molecule has 3 N–H and O–H groups in total. The highest BCUT2D eigenvalue weighted by molar-refractivity contribution is 6.01. The Morgan fingerprint density at radius 3 is 1.83 bits per heavy atom. The van der Waals surface area contributed by atoms with Gasteiger partial charge in [0.15, 0.2) is 5.78 Å². The van der Waals surface area contributed by atoms with E-state index >= 15 is 0 Å². The first kappa shape index (κ1) is 33.6. The van der Waals surface area contributed by atoms with Crippen molar-refractivity contribution in [3.05, 3.63) is 173 Å². The zero-order valence-electron chi connectivity index (χ0n) is 26.7. The van der Waals surface area contributed by atoms with Gasteiger partial charge in [0, 0.05) is 30.4 Å². The molecule has 0 saturated heterocycles. The molecule has 1 heterocycles. The number of nitrogens with zero attached hydrogens (tertiary/aromatic N) is 2. The molecule has 5 rings (SSSR count). The number of Topliss-reactive ketones (excluding diaryl/α,β-unsaturated/α-hetero) is 1. The first-order chi connectivity index (χ1) is 23.4. The smallest absolute Gasteiger partial charge is 0.408 e. The molecule has 4 aromatic carbocycles. The maximum Gasteiger partial charge on any atom is 0.408 e. The summed E-state index contributed by atoms with van der Waals surface area (Å²) in [5.74, 6) is -1.41. The second kappa shape index (κ2) is 16.2. The predicted molar refractivity (Wildman–Crippen MR) is 183 cm³/mol. The van der Waals surface area contributed by atoms with Crippen LogP contribution in [0.3, 0.4) is 0 Å². The van der Waals surface area contributed by atoms with E-state index in [2.05, 4.69) is 56.6 Å². The van der Waals surface area contributed by atoms with E-state index in [0.29, 0.717) is 11.3 Å². The second-order valence-electron chi connectivity index (χ2n) is 11.2. The molecule has 0 aliphatic carbocycles. The maximum atomic E-state index is 14.1. The molecular weight excluding hydrogens is 604 g/mol. The number of ether oxygens (including phenoxy) is 1. The molecule has 5 aromatic rings. The Morgan fingerprint density at radius 2 is 1.33 bits per heavy atom. The average Bonchev–Trinajstić information content (AvgIpc) is 3.59. The van der Waals surface area contributed by atoms with Crippen LogP contribution < -0.4 is 10.6 Å². The summed E-state index contributed by atoms with van der Waals surface area (Å²) in [6, 6.07) is 38.5. The van der Waals surface area contributed by atoms with Gasteiger partial charge in [-0.15, -0.1) is 0 Å². The Kier molecular flexibility index (Phi) is 11.3. The number of nitrogens with one attached hydrogen (secondary N) is 2. The highest BCUT2D eigenvalue weighted by atomic mass is 16.5. The van der Waals surface area contributed by atoms with Crippen molar-refractivity contribution in [2.45, 2.75) is 31.5 Å². The first-order valence-electron chi connectivity index (χ1n) is 15.7. The Bertz CT molecular complexity index is 1730. The third-order valence-corrected chi connectivity index (χ3v) is 8.14. The van der Waals surface area contributed by atoms with Crippen molar-refractivity contribution in [2.24, 2.45) is 0 Å². The lowest BCUT2D eigenvalue weighted by Gasteiger charge is -2.39. The van der Waals surface area contributed by atoms with E-state index in [1.807, 2.05) is 84.9 Å². The summed E-state index contributed by atoms with van der Waals surface area (Å²) in [6.45, 7) is 1.43. The summed E-state index contributed by atoms with van der Waals surface area (Å²) in [5.41, 5.74) is 3.87. The quantitative estimate of drug-likeness (QED) is 0.0982. The fraction of sp³-hybridized carbons (Fsp3) is 0.179. The van der Waals surface area contributed by atoms with Crippen LogP contribution in [0.2, 0.25) is 0 Å². The molecule has 244 valence electrons. The van der Waals surface area contributed by atoms with Crippen molar-refractivity contribution < 1.29 is 24.2 Å². The van der Waals surface area contributed by atoms with Gasteiger partial charge in [-0.3, -0.25) is 9.59 Å². The largest absolute Gasteiger partial charge is 0.480 e. The Labute approximate surface area is 279 Å². The van der Waals surface area contributed by atoms with Crippen molar-refractivity contribution in [2.75, 3.05) is 13.1 Å². The van der Waals surface area contributed by atoms with Gasteiger partial charge >= 0.3 is 12.1 Å². The molecule has 9 heteroatoms. The van der Waals surface area contributed by atoms with E-state index < -0.39 is 23.6 Å². The van der Waals surface area contributed by atoms with Crippen LogP contribution in [-0.2, 0) is 32.9 Å². The van der Waals surface area contributed by atoms with Crippen molar-refractivity contribution in [3.8, 4) is 0 Å². The minimum Gasteiger partial charge on any atom is -0.480 e. The highest BCUT2D eigenvalue weighted by Gasteiger charge is 2.40. The standard InChI is InChI=1S/C39H38N4O5/c1-2-30(24-40-26-36(44)45)37(46)35(42-38(47)48-27-29-15-7-3-8-16-29)23-34-25-41-28-43(34)39(31-17-9-4-10-18-31,32-19-11-5-12-20-32)33-21-13-6-14-22-33/h2-22,25,28,35,40H,23-24,26-27H2,1H3,(H,42,47)(H,44,45). The number of amides is 1. The van der Waals surface area contributed by atoms with Crippen molar-refractivity contribution in [3.63, 3.8) is 0 Å². The fourth-order valence-electron chi connectivity index (χ4n) is 5.92. The van der Waals surface area contributed by atoms with E-state index in [0.717, 1.165) is 22.3 Å². The second-order valence-corrected chi connectivity index (χ2v) is 11.2. The molecule has 0 aliphatic rings. The summed E-state index contributed by atoms with van der Waals surface area (Å²) in [4.78, 5) is 43.0. The number of carbonyl (C=O) groups excluding carboxylic acids is 2. The van der Waals surface area contributed by atoms with E-state index in [-0.39, 0.29) is 31.9 Å². The number of carboxylic acids is 1. The number of hydrogen-bond donors (Lipinski definition) is 3. The first-order valence-corrected chi connectivity index (χ1v) is 15.7. The Hall–Kier alpha value is -5.80. The summed E-state index contributed by atoms with van der Waals surface area (Å²) >= 11 is 0. The highest BCUT2D eigenvalue weighted by Crippen LogP contribution is 2.41. The minimum absolute atomic E-state index is 0.0140. The van der Waals surface area contributed by atoms with Crippen LogP contribution >= 0.6 is 0 Å². The predicted octanol–water partition coefficient (Wildman–Crippen LogP) is 5.75. The number of aliphatic carboxylic acids is 1. The monoisotopic (exact) mass is 642 g/mol. The molecule has 0 fully saturated rings. The van der Waals surface area contributed by atoms with Crippen LogP contribution in [-0.4, -0.2) is 51.6 Å². The lowest BCUT2D eigenvalue weighted by Crippen LogP contribution is -2.46. The van der Waals surface area contributed by atoms with E-state index in [1.54, 1.807) is 25.5 Å². The lowest BCUT2D eigenvalue weighted by molar-refractivity contribution is -0.136. The molecule has 0 saturated carbocycles. The normalized spacial score (nSPS) is 12.2. The molecule has 1 unspecified atom stereocenters. The van der Waals surface area contributed by atoms with E-state index in [9.17, 15) is 14.4 Å². The van der Waals surface area contributed by atoms with Crippen molar-refractivity contribution in [1.82, 2.24) is 20.2 Å². The zero-order valence-corrected chi connectivity index (χ0v) is 26.7. The molecule has 0 bridgehead atoms. The number of alkyl carbamates (subject to hydrolysis) is 1. The van der Waals surface area contributed by atoms with Crippen LogP contribution in [0.5, 0.6) is 0 Å². The van der Waals surface area contributed by atoms with Gasteiger partial charge in [-0.2, -0.15) is 0 Å². The Balaban J connectivity index is 1.57. The van der Waals surface area contributed by atoms with Crippen LogP contribution in [0.1, 0.15) is 34.9 Å². The lowest BCUT2D eigenvalue weighted by atomic mass is 9.76. The molecule has 9 nitrogen and oxygen atoms in total. The van der Waals surface area contributed by atoms with Gasteiger partial charge in [-0.05, 0) is 29.2 Å². The van der Waals surface area contributed by atoms with Gasteiger partial charge in [0.1, 0.15) is 18.2 Å². The molecule has 1 aromatic heterocycles. The number of imidazole rings is 1. The summed E-state index contributed by atoms with van der Waals surface area (Å²) in [7, 11) is 0. The van der Waals surface area contributed by atoms with Crippen molar-refractivity contribution >= 4 is 17.8 Å². The zero-order chi connectivity index (χ0) is 33.8. The minimum atomic E-state index is -1.05. The maximum absolute atomic E-state index is 14.1. The Morgan fingerprint density at radius 1 is 0.812 bits per heavy atom. The number of carbonyl (C=O) groups is 3. The SMILES string of the molecule is CC=C(CNCC(=O)O)C(=O)C(Cc1cncn1C(c1ccccc1)(c1ccccc1)c1ccccc1)NC(=O)OCc1ccccc1. The molecule has 0 spiro atoms. The topological polar surface area (TPSA) is 123 Å². The molecule has 1 atom stereocenters. The summed E-state index contributed by atoms with van der Waals surface area (Å²) in [6.07, 6.45) is 4.41. The molecule has 0 radical (unpaired) electrons. The van der Waals surface area contributed by atoms with Gasteiger partial charge in [0.2, 0.25) is 0 Å². The van der Waals surface area contributed by atoms with E-state index in [1.165, 1.54) is 0 Å². The summed E-state index contributed by atoms with van der Waals surface area (Å²) in [5, 5.41) is 14.7. The van der Waals surface area contributed by atoms with Gasteiger partial charge in [0.05, 0.1) is 12.9 Å². The van der Waals surface area contributed by atoms with Gasteiger partial charge < -0.3 is 25.0 Å².